The number of ether oxygens (including phenoxy) is 1. The van der Waals surface area contributed by atoms with Crippen LogP contribution in [0.3, 0.4) is 0 Å². The molecule has 0 spiro atoms. The SMILES string of the molecule is O=C(OCc1cc(-c2cccs2)on1)c1ccc(-n2cccc2)cc1. The molecule has 3 heterocycles. The predicted molar refractivity (Wildman–Crippen MR) is 94.7 cm³/mol. The summed E-state index contributed by atoms with van der Waals surface area (Å²) in [6.07, 6.45) is 3.89. The maximum atomic E-state index is 12.2. The van der Waals surface area contributed by atoms with Crippen molar-refractivity contribution in [2.75, 3.05) is 0 Å². The first-order chi connectivity index (χ1) is 12.3. The van der Waals surface area contributed by atoms with E-state index < -0.39 is 0 Å². The molecular weight excluding hydrogens is 336 g/mol. The topological polar surface area (TPSA) is 57.3 Å². The van der Waals surface area contributed by atoms with Gasteiger partial charge in [-0.3, -0.25) is 0 Å². The third-order valence-corrected chi connectivity index (χ3v) is 4.56. The maximum absolute atomic E-state index is 12.2. The summed E-state index contributed by atoms with van der Waals surface area (Å²) in [5.74, 6) is 0.289. The lowest BCUT2D eigenvalue weighted by molar-refractivity contribution is 0.0464. The summed E-state index contributed by atoms with van der Waals surface area (Å²) in [5, 5.41) is 5.90. The minimum absolute atomic E-state index is 0.0764. The predicted octanol–water partition coefficient (Wildman–Crippen LogP) is 4.55. The summed E-state index contributed by atoms with van der Waals surface area (Å²) in [5.41, 5.74) is 2.07. The Kier molecular flexibility index (Phi) is 4.18. The Morgan fingerprint density at radius 1 is 1.12 bits per heavy atom. The Bertz CT molecular complexity index is 955. The maximum Gasteiger partial charge on any atom is 0.338 e. The molecule has 0 amide bonds. The lowest BCUT2D eigenvalue weighted by atomic mass is 10.2. The summed E-state index contributed by atoms with van der Waals surface area (Å²) in [6, 6.07) is 16.8. The molecule has 0 aliphatic heterocycles. The Hall–Kier alpha value is -3.12. The van der Waals surface area contributed by atoms with Gasteiger partial charge in [-0.05, 0) is 47.8 Å². The van der Waals surface area contributed by atoms with Crippen LogP contribution in [0.1, 0.15) is 16.1 Å². The molecule has 0 unspecified atom stereocenters. The van der Waals surface area contributed by atoms with Gasteiger partial charge in [0, 0.05) is 24.1 Å². The van der Waals surface area contributed by atoms with E-state index in [1.54, 1.807) is 29.5 Å². The highest BCUT2D eigenvalue weighted by atomic mass is 32.1. The van der Waals surface area contributed by atoms with Crippen molar-refractivity contribution < 1.29 is 14.1 Å². The van der Waals surface area contributed by atoms with Crippen molar-refractivity contribution in [2.24, 2.45) is 0 Å². The molecular formula is C19H14N2O3S. The molecule has 0 N–H and O–H groups in total. The van der Waals surface area contributed by atoms with Crippen molar-refractivity contribution in [1.82, 2.24) is 9.72 Å². The summed E-state index contributed by atoms with van der Waals surface area (Å²) in [4.78, 5) is 13.2. The van der Waals surface area contributed by atoms with Gasteiger partial charge in [-0.2, -0.15) is 0 Å². The lowest BCUT2D eigenvalue weighted by Crippen LogP contribution is -2.05. The van der Waals surface area contributed by atoms with Gasteiger partial charge in [-0.15, -0.1) is 11.3 Å². The fourth-order valence-electron chi connectivity index (χ4n) is 2.41. The van der Waals surface area contributed by atoms with Crippen LogP contribution < -0.4 is 0 Å². The Morgan fingerprint density at radius 3 is 2.64 bits per heavy atom. The molecule has 3 aromatic heterocycles. The fourth-order valence-corrected chi connectivity index (χ4v) is 3.09. The summed E-state index contributed by atoms with van der Waals surface area (Å²) >= 11 is 1.57. The molecule has 0 bridgehead atoms. The number of nitrogens with zero attached hydrogens (tertiary/aromatic N) is 2. The number of carbonyl (C=O) groups is 1. The average Bonchev–Trinajstić information content (AvgIpc) is 3.42. The van der Waals surface area contributed by atoms with Gasteiger partial charge in [0.1, 0.15) is 12.3 Å². The van der Waals surface area contributed by atoms with E-state index in [9.17, 15) is 4.79 Å². The van der Waals surface area contributed by atoms with Gasteiger partial charge in [0.05, 0.1) is 10.4 Å². The summed E-state index contributed by atoms with van der Waals surface area (Å²) in [7, 11) is 0. The number of rotatable bonds is 5. The molecule has 25 heavy (non-hydrogen) atoms. The number of benzene rings is 1. The first kappa shape index (κ1) is 15.4. The van der Waals surface area contributed by atoms with Crippen molar-refractivity contribution in [3.8, 4) is 16.3 Å². The second-order valence-corrected chi connectivity index (χ2v) is 6.32. The van der Waals surface area contributed by atoms with Gasteiger partial charge in [0.2, 0.25) is 0 Å². The minimum atomic E-state index is -0.389. The highest BCUT2D eigenvalue weighted by Crippen LogP contribution is 2.25. The highest BCUT2D eigenvalue weighted by Gasteiger charge is 2.11. The second-order valence-electron chi connectivity index (χ2n) is 5.37. The largest absolute Gasteiger partial charge is 0.455 e. The van der Waals surface area contributed by atoms with Crippen LogP contribution in [0.15, 0.2) is 76.9 Å². The molecule has 0 saturated heterocycles. The molecule has 124 valence electrons. The smallest absolute Gasteiger partial charge is 0.338 e. The van der Waals surface area contributed by atoms with Gasteiger partial charge in [-0.1, -0.05) is 11.2 Å². The van der Waals surface area contributed by atoms with Crippen LogP contribution >= 0.6 is 11.3 Å². The van der Waals surface area contributed by atoms with Crippen molar-refractivity contribution in [1.29, 1.82) is 0 Å². The number of hydrogen-bond donors (Lipinski definition) is 0. The molecule has 5 nitrogen and oxygen atoms in total. The van der Waals surface area contributed by atoms with E-state index in [1.807, 2.05) is 58.7 Å². The van der Waals surface area contributed by atoms with E-state index in [-0.39, 0.29) is 12.6 Å². The Balaban J connectivity index is 1.39. The van der Waals surface area contributed by atoms with Crippen LogP contribution in [-0.2, 0) is 11.3 Å². The van der Waals surface area contributed by atoms with Gasteiger partial charge in [0.25, 0.3) is 0 Å². The van der Waals surface area contributed by atoms with Crippen LogP contribution in [0.4, 0.5) is 0 Å². The number of esters is 1. The Labute approximate surface area is 148 Å². The van der Waals surface area contributed by atoms with Crippen LogP contribution in [0, 0.1) is 0 Å². The zero-order valence-corrected chi connectivity index (χ0v) is 14.0. The van der Waals surface area contributed by atoms with E-state index >= 15 is 0 Å². The number of thiophene rings is 1. The lowest BCUT2D eigenvalue weighted by Gasteiger charge is -2.05. The monoisotopic (exact) mass is 350 g/mol. The van der Waals surface area contributed by atoms with E-state index in [4.69, 9.17) is 9.26 Å². The van der Waals surface area contributed by atoms with Gasteiger partial charge in [-0.25, -0.2) is 4.79 Å². The minimum Gasteiger partial charge on any atom is -0.455 e. The number of carbonyl (C=O) groups excluding carboxylic acids is 1. The van der Waals surface area contributed by atoms with E-state index in [1.165, 1.54) is 0 Å². The average molecular weight is 350 g/mol. The van der Waals surface area contributed by atoms with Crippen molar-refractivity contribution in [3.63, 3.8) is 0 Å². The highest BCUT2D eigenvalue weighted by molar-refractivity contribution is 7.13. The van der Waals surface area contributed by atoms with Crippen LogP contribution in [0.5, 0.6) is 0 Å². The third kappa shape index (κ3) is 3.39. The normalized spacial score (nSPS) is 10.7. The molecule has 0 fully saturated rings. The summed E-state index contributed by atoms with van der Waals surface area (Å²) in [6.45, 7) is 0.0764. The van der Waals surface area contributed by atoms with Crippen LogP contribution in [0.25, 0.3) is 16.3 Å². The molecule has 1 aromatic carbocycles. The first-order valence-corrected chi connectivity index (χ1v) is 8.57. The van der Waals surface area contributed by atoms with Crippen molar-refractivity contribution in [3.05, 3.63) is 83.6 Å². The molecule has 0 radical (unpaired) electrons. The quantitative estimate of drug-likeness (QED) is 0.496. The molecule has 4 rings (SSSR count). The van der Waals surface area contributed by atoms with Crippen LogP contribution in [0.2, 0.25) is 0 Å². The molecule has 4 aromatic rings. The molecule has 0 saturated carbocycles. The molecule has 0 atom stereocenters. The first-order valence-electron chi connectivity index (χ1n) is 7.69. The third-order valence-electron chi connectivity index (χ3n) is 3.68. The van der Waals surface area contributed by atoms with Gasteiger partial charge < -0.3 is 13.8 Å². The van der Waals surface area contributed by atoms with Crippen LogP contribution in [-0.4, -0.2) is 15.7 Å². The zero-order chi connectivity index (χ0) is 17.1. The number of aromatic nitrogens is 2. The second kappa shape index (κ2) is 6.78. The van der Waals surface area contributed by atoms with E-state index in [0.717, 1.165) is 10.6 Å². The molecule has 0 aliphatic rings. The standard InChI is InChI=1S/C19H14N2O3S/c22-19(14-5-7-16(8-6-14)21-9-1-2-10-21)23-13-15-12-17(24-20-15)18-4-3-11-25-18/h1-12H,13H2. The molecule has 6 heteroatoms. The molecule has 0 aliphatic carbocycles. The zero-order valence-electron chi connectivity index (χ0n) is 13.2. The van der Waals surface area contributed by atoms with Gasteiger partial charge in [0.15, 0.2) is 5.76 Å². The van der Waals surface area contributed by atoms with Crippen molar-refractivity contribution in [2.45, 2.75) is 6.61 Å². The fraction of sp³-hybridized carbons (Fsp3) is 0.0526. The number of hydrogen-bond acceptors (Lipinski definition) is 5. The van der Waals surface area contributed by atoms with E-state index in [2.05, 4.69) is 5.16 Å². The van der Waals surface area contributed by atoms with Gasteiger partial charge >= 0.3 is 5.97 Å². The summed E-state index contributed by atoms with van der Waals surface area (Å²) < 4.78 is 12.5. The van der Waals surface area contributed by atoms with Crippen molar-refractivity contribution >= 4 is 17.3 Å². The van der Waals surface area contributed by atoms with E-state index in [0.29, 0.717) is 17.0 Å². The Morgan fingerprint density at radius 2 is 1.92 bits per heavy atom.